The Balaban J connectivity index is 1.32. The zero-order chi connectivity index (χ0) is 20.4. The summed E-state index contributed by atoms with van der Waals surface area (Å²) in [5.74, 6) is 0.0256. The molecular weight excluding hydrogens is 388 g/mol. The van der Waals surface area contributed by atoms with Crippen molar-refractivity contribution in [3.05, 3.63) is 53.1 Å². The molecule has 1 saturated heterocycles. The third kappa shape index (κ3) is 4.71. The third-order valence-electron chi connectivity index (χ3n) is 5.59. The van der Waals surface area contributed by atoms with E-state index in [4.69, 9.17) is 11.6 Å². The maximum absolute atomic E-state index is 12.6. The smallest absolute Gasteiger partial charge is 0.238 e. The minimum atomic E-state index is -0.0170. The molecule has 2 amide bonds. The number of hydrogen-bond acceptors (Lipinski definition) is 4. The van der Waals surface area contributed by atoms with Crippen LogP contribution in [0.15, 0.2) is 42.5 Å². The van der Waals surface area contributed by atoms with E-state index in [9.17, 15) is 9.59 Å². The molecule has 0 aromatic heterocycles. The molecule has 2 aliphatic rings. The van der Waals surface area contributed by atoms with Gasteiger partial charge in [0.15, 0.2) is 0 Å². The largest absolute Gasteiger partial charge is 0.369 e. The first-order valence-corrected chi connectivity index (χ1v) is 10.3. The Hall–Kier alpha value is -2.57. The summed E-state index contributed by atoms with van der Waals surface area (Å²) in [6.07, 6.45) is 1.19. The van der Waals surface area contributed by atoms with E-state index < -0.39 is 0 Å². The van der Waals surface area contributed by atoms with Crippen LogP contribution in [0.2, 0.25) is 5.02 Å². The van der Waals surface area contributed by atoms with E-state index >= 15 is 0 Å². The van der Waals surface area contributed by atoms with Crippen molar-refractivity contribution >= 4 is 40.5 Å². The molecule has 2 aromatic carbocycles. The van der Waals surface area contributed by atoms with Crippen molar-refractivity contribution < 1.29 is 9.59 Å². The first-order chi connectivity index (χ1) is 14.0. The fourth-order valence-electron chi connectivity index (χ4n) is 3.96. The lowest BCUT2D eigenvalue weighted by Crippen LogP contribution is -2.53. The van der Waals surface area contributed by atoms with Crippen LogP contribution in [0.1, 0.15) is 18.9 Å². The number of carbonyl (C=O) groups is 2. The monoisotopic (exact) mass is 412 g/mol. The van der Waals surface area contributed by atoms with Crippen molar-refractivity contribution in [1.82, 2.24) is 4.90 Å². The van der Waals surface area contributed by atoms with E-state index in [0.29, 0.717) is 19.4 Å². The fraction of sp³-hybridized carbons (Fsp3) is 0.364. The average Bonchev–Trinajstić information content (AvgIpc) is 2.70. The molecule has 6 nitrogen and oxygen atoms in total. The number of anilines is 3. The lowest BCUT2D eigenvalue weighted by molar-refractivity contribution is -0.118. The summed E-state index contributed by atoms with van der Waals surface area (Å²) >= 11 is 5.98. The maximum Gasteiger partial charge on any atom is 0.238 e. The fourth-order valence-corrected chi connectivity index (χ4v) is 4.09. The Labute approximate surface area is 175 Å². The second-order valence-electron chi connectivity index (χ2n) is 7.71. The average molecular weight is 413 g/mol. The number of aryl methyl sites for hydroxylation is 1. The van der Waals surface area contributed by atoms with Crippen LogP contribution in [0.25, 0.3) is 0 Å². The highest BCUT2D eigenvalue weighted by molar-refractivity contribution is 6.30. The normalized spacial score (nSPS) is 19.4. The van der Waals surface area contributed by atoms with Gasteiger partial charge in [-0.05, 0) is 61.4 Å². The first kappa shape index (κ1) is 19.7. The number of rotatable bonds is 4. The molecule has 0 radical (unpaired) electrons. The van der Waals surface area contributed by atoms with E-state index in [1.54, 1.807) is 0 Å². The maximum atomic E-state index is 12.6. The number of benzene rings is 2. The van der Waals surface area contributed by atoms with Gasteiger partial charge in [-0.3, -0.25) is 14.5 Å². The van der Waals surface area contributed by atoms with Crippen molar-refractivity contribution in [2.75, 3.05) is 41.7 Å². The van der Waals surface area contributed by atoms with Crippen LogP contribution in [0.3, 0.4) is 0 Å². The van der Waals surface area contributed by atoms with Crippen LogP contribution in [0, 0.1) is 0 Å². The molecular formula is C22H25ClN4O2. The molecule has 4 rings (SSSR count). The van der Waals surface area contributed by atoms with Gasteiger partial charge >= 0.3 is 0 Å². The SMILES string of the molecule is C[C@@H]1CN(c2ccc(Cl)cc2)CCN1CC(=O)Nc1ccc2c(c1)CCC(=O)N2. The minimum Gasteiger partial charge on any atom is -0.369 e. The van der Waals surface area contributed by atoms with Gasteiger partial charge in [0.25, 0.3) is 0 Å². The molecule has 0 spiro atoms. The van der Waals surface area contributed by atoms with Crippen molar-refractivity contribution in [3.63, 3.8) is 0 Å². The van der Waals surface area contributed by atoms with Crippen molar-refractivity contribution in [2.24, 2.45) is 0 Å². The van der Waals surface area contributed by atoms with Gasteiger partial charge in [0.2, 0.25) is 11.8 Å². The molecule has 29 heavy (non-hydrogen) atoms. The highest BCUT2D eigenvalue weighted by atomic mass is 35.5. The molecule has 152 valence electrons. The molecule has 0 aliphatic carbocycles. The standard InChI is InChI=1S/C22H25ClN4O2/c1-15-13-27(19-6-3-17(23)4-7-19)11-10-26(15)14-22(29)24-18-5-8-20-16(12-18)2-9-21(28)25-20/h3-8,12,15H,2,9-11,13-14H2,1H3,(H,24,29)(H,25,28)/t15-/m1/s1. The van der Waals surface area contributed by atoms with E-state index in [-0.39, 0.29) is 17.9 Å². The summed E-state index contributed by atoms with van der Waals surface area (Å²) in [6.45, 7) is 5.08. The van der Waals surface area contributed by atoms with Gasteiger partial charge in [0, 0.05) is 54.2 Å². The van der Waals surface area contributed by atoms with Gasteiger partial charge in [-0.1, -0.05) is 11.6 Å². The lowest BCUT2D eigenvalue weighted by Gasteiger charge is -2.40. The lowest BCUT2D eigenvalue weighted by atomic mass is 10.0. The number of fused-ring (bicyclic) bond motifs is 1. The van der Waals surface area contributed by atoms with Crippen molar-refractivity contribution in [3.8, 4) is 0 Å². The topological polar surface area (TPSA) is 64.7 Å². The second kappa shape index (κ2) is 8.43. The first-order valence-electron chi connectivity index (χ1n) is 9.95. The minimum absolute atomic E-state index is 0.0170. The zero-order valence-corrected chi connectivity index (χ0v) is 17.2. The molecule has 0 bridgehead atoms. The number of carbonyl (C=O) groups excluding carboxylic acids is 2. The molecule has 2 aliphatic heterocycles. The third-order valence-corrected chi connectivity index (χ3v) is 5.84. The summed E-state index contributed by atoms with van der Waals surface area (Å²) < 4.78 is 0. The van der Waals surface area contributed by atoms with Gasteiger partial charge in [0.1, 0.15) is 0 Å². The Morgan fingerprint density at radius 3 is 2.72 bits per heavy atom. The van der Waals surface area contributed by atoms with Gasteiger partial charge in [-0.2, -0.15) is 0 Å². The Bertz CT molecular complexity index is 916. The predicted octanol–water partition coefficient (Wildman–Crippen LogP) is 3.37. The van der Waals surface area contributed by atoms with Crippen molar-refractivity contribution in [1.29, 1.82) is 0 Å². The summed E-state index contributed by atoms with van der Waals surface area (Å²) in [4.78, 5) is 28.6. The van der Waals surface area contributed by atoms with E-state index in [2.05, 4.69) is 27.4 Å². The summed E-state index contributed by atoms with van der Waals surface area (Å²) in [6, 6.07) is 13.8. The quantitative estimate of drug-likeness (QED) is 0.808. The van der Waals surface area contributed by atoms with Crippen LogP contribution >= 0.6 is 11.6 Å². The van der Waals surface area contributed by atoms with E-state index in [0.717, 1.165) is 47.3 Å². The zero-order valence-electron chi connectivity index (χ0n) is 16.5. The van der Waals surface area contributed by atoms with Gasteiger partial charge in [-0.25, -0.2) is 0 Å². The molecule has 2 heterocycles. The molecule has 0 unspecified atom stereocenters. The molecule has 0 saturated carbocycles. The Morgan fingerprint density at radius 2 is 1.97 bits per heavy atom. The number of nitrogens with one attached hydrogen (secondary N) is 2. The van der Waals surface area contributed by atoms with Crippen LogP contribution < -0.4 is 15.5 Å². The number of nitrogens with zero attached hydrogens (tertiary/aromatic N) is 2. The van der Waals surface area contributed by atoms with Crippen molar-refractivity contribution in [2.45, 2.75) is 25.8 Å². The summed E-state index contributed by atoms with van der Waals surface area (Å²) in [5, 5.41) is 6.60. The van der Waals surface area contributed by atoms with Gasteiger partial charge in [-0.15, -0.1) is 0 Å². The number of piperazine rings is 1. The van der Waals surface area contributed by atoms with Gasteiger partial charge in [0.05, 0.1) is 6.54 Å². The number of hydrogen-bond donors (Lipinski definition) is 2. The Morgan fingerprint density at radius 1 is 1.17 bits per heavy atom. The Kier molecular flexibility index (Phi) is 5.74. The molecule has 1 atom stereocenters. The van der Waals surface area contributed by atoms with Crippen LogP contribution in [-0.2, 0) is 16.0 Å². The second-order valence-corrected chi connectivity index (χ2v) is 8.15. The molecule has 2 aromatic rings. The van der Waals surface area contributed by atoms with E-state index in [1.807, 2.05) is 42.5 Å². The van der Waals surface area contributed by atoms with Crippen LogP contribution in [-0.4, -0.2) is 48.9 Å². The van der Waals surface area contributed by atoms with Crippen LogP contribution in [0.4, 0.5) is 17.1 Å². The van der Waals surface area contributed by atoms with Gasteiger partial charge < -0.3 is 15.5 Å². The highest BCUT2D eigenvalue weighted by Crippen LogP contribution is 2.26. The molecule has 2 N–H and O–H groups in total. The molecule has 1 fully saturated rings. The number of halogens is 1. The number of amides is 2. The van der Waals surface area contributed by atoms with Crippen LogP contribution in [0.5, 0.6) is 0 Å². The van der Waals surface area contributed by atoms with E-state index in [1.165, 1.54) is 0 Å². The summed E-state index contributed by atoms with van der Waals surface area (Å²) in [7, 11) is 0. The summed E-state index contributed by atoms with van der Waals surface area (Å²) in [5.41, 5.74) is 3.84. The predicted molar refractivity (Wildman–Crippen MR) is 117 cm³/mol. The highest BCUT2D eigenvalue weighted by Gasteiger charge is 2.25. The molecule has 7 heteroatoms.